The van der Waals surface area contributed by atoms with Crippen LogP contribution in [0.25, 0.3) is 5.69 Å². The molecule has 4 nitrogen and oxygen atoms in total. The Bertz CT molecular complexity index is 457. The van der Waals surface area contributed by atoms with Crippen molar-refractivity contribution in [3.8, 4) is 5.69 Å². The summed E-state index contributed by atoms with van der Waals surface area (Å²) in [5.74, 6) is 0.537. The molecule has 0 spiro atoms. The van der Waals surface area contributed by atoms with E-state index in [0.29, 0.717) is 5.92 Å². The number of hydrogen-bond acceptors (Lipinski definition) is 3. The van der Waals surface area contributed by atoms with Crippen molar-refractivity contribution in [3.05, 3.63) is 42.2 Å². The van der Waals surface area contributed by atoms with E-state index in [-0.39, 0.29) is 0 Å². The highest BCUT2D eigenvalue weighted by Crippen LogP contribution is 2.23. The first-order valence-electron chi connectivity index (χ1n) is 5.62. The van der Waals surface area contributed by atoms with E-state index in [0.717, 1.165) is 18.8 Å². The number of rotatable bonds is 2. The van der Waals surface area contributed by atoms with Crippen LogP contribution in [0.15, 0.2) is 36.5 Å². The third kappa shape index (κ3) is 1.61. The second-order valence-electron chi connectivity index (χ2n) is 4.10. The largest absolute Gasteiger partial charge is 0.316 e. The molecule has 1 aliphatic rings. The van der Waals surface area contributed by atoms with Crippen LogP contribution in [0.1, 0.15) is 18.0 Å². The van der Waals surface area contributed by atoms with E-state index in [1.807, 2.05) is 29.1 Å². The molecular formula is C12H14N4. The minimum absolute atomic E-state index is 0.537. The Balaban J connectivity index is 1.99. The summed E-state index contributed by atoms with van der Waals surface area (Å²) in [6, 6.07) is 10.2. The molecule has 0 aliphatic carbocycles. The lowest BCUT2D eigenvalue weighted by atomic mass is 10.1. The summed E-state index contributed by atoms with van der Waals surface area (Å²) in [5, 5.41) is 11.6. The average molecular weight is 214 g/mol. The van der Waals surface area contributed by atoms with Gasteiger partial charge in [-0.2, -0.15) is 0 Å². The Morgan fingerprint density at radius 1 is 1.25 bits per heavy atom. The lowest BCUT2D eigenvalue weighted by Crippen LogP contribution is -2.11. The number of nitrogens with zero attached hydrogens (tertiary/aromatic N) is 3. The Hall–Kier alpha value is -1.68. The zero-order valence-corrected chi connectivity index (χ0v) is 9.00. The van der Waals surface area contributed by atoms with Gasteiger partial charge in [0.05, 0.1) is 17.6 Å². The van der Waals surface area contributed by atoms with Crippen LogP contribution in [0.3, 0.4) is 0 Å². The van der Waals surface area contributed by atoms with E-state index in [2.05, 4.69) is 27.8 Å². The number of nitrogens with one attached hydrogen (secondary N) is 1. The maximum atomic E-state index is 4.17. The van der Waals surface area contributed by atoms with E-state index in [1.54, 1.807) is 0 Å². The van der Waals surface area contributed by atoms with E-state index in [1.165, 1.54) is 12.1 Å². The van der Waals surface area contributed by atoms with Gasteiger partial charge in [-0.1, -0.05) is 23.4 Å². The summed E-state index contributed by atoms with van der Waals surface area (Å²) in [6.45, 7) is 2.12. The van der Waals surface area contributed by atoms with Crippen LogP contribution in [0, 0.1) is 0 Å². The lowest BCUT2D eigenvalue weighted by Gasteiger charge is -2.10. The second-order valence-corrected chi connectivity index (χ2v) is 4.10. The van der Waals surface area contributed by atoms with Crippen molar-refractivity contribution >= 4 is 0 Å². The van der Waals surface area contributed by atoms with Crippen LogP contribution in [-0.2, 0) is 0 Å². The van der Waals surface area contributed by atoms with Crippen molar-refractivity contribution in [1.29, 1.82) is 0 Å². The first kappa shape index (κ1) is 9.54. The summed E-state index contributed by atoms with van der Waals surface area (Å²) >= 11 is 0. The third-order valence-electron chi connectivity index (χ3n) is 3.06. The zero-order valence-electron chi connectivity index (χ0n) is 9.00. The smallest absolute Gasteiger partial charge is 0.0733 e. The van der Waals surface area contributed by atoms with Crippen molar-refractivity contribution in [2.45, 2.75) is 12.3 Å². The van der Waals surface area contributed by atoms with Gasteiger partial charge >= 0.3 is 0 Å². The Kier molecular flexibility index (Phi) is 2.42. The van der Waals surface area contributed by atoms with Gasteiger partial charge in [0.2, 0.25) is 0 Å². The van der Waals surface area contributed by atoms with Crippen molar-refractivity contribution in [1.82, 2.24) is 20.3 Å². The van der Waals surface area contributed by atoms with Crippen LogP contribution in [0.5, 0.6) is 0 Å². The van der Waals surface area contributed by atoms with Gasteiger partial charge in [0.15, 0.2) is 0 Å². The van der Waals surface area contributed by atoms with Crippen LogP contribution in [-0.4, -0.2) is 28.1 Å². The Morgan fingerprint density at radius 2 is 2.12 bits per heavy atom. The SMILES string of the molecule is c1ccc(-n2nncc2C2CCNC2)cc1. The maximum Gasteiger partial charge on any atom is 0.0733 e. The van der Waals surface area contributed by atoms with Gasteiger partial charge in [0, 0.05) is 12.5 Å². The molecule has 1 saturated heterocycles. The first-order valence-corrected chi connectivity index (χ1v) is 5.62. The molecule has 1 unspecified atom stereocenters. The van der Waals surface area contributed by atoms with E-state index >= 15 is 0 Å². The molecule has 82 valence electrons. The molecule has 0 amide bonds. The van der Waals surface area contributed by atoms with E-state index < -0.39 is 0 Å². The van der Waals surface area contributed by atoms with E-state index in [4.69, 9.17) is 0 Å². The molecule has 0 bridgehead atoms. The van der Waals surface area contributed by atoms with Crippen molar-refractivity contribution in [2.24, 2.45) is 0 Å². The monoisotopic (exact) mass is 214 g/mol. The normalized spacial score (nSPS) is 20.1. The van der Waals surface area contributed by atoms with Crippen LogP contribution in [0.4, 0.5) is 0 Å². The topological polar surface area (TPSA) is 42.7 Å². The predicted octanol–water partition coefficient (Wildman–Crippen LogP) is 1.34. The van der Waals surface area contributed by atoms with Crippen molar-refractivity contribution in [2.75, 3.05) is 13.1 Å². The average Bonchev–Trinajstić information content (AvgIpc) is 3.01. The number of benzene rings is 1. The molecule has 1 aliphatic heterocycles. The van der Waals surface area contributed by atoms with Crippen LogP contribution in [0.2, 0.25) is 0 Å². The number of hydrogen-bond donors (Lipinski definition) is 1. The molecular weight excluding hydrogens is 200 g/mol. The van der Waals surface area contributed by atoms with Gasteiger partial charge in [-0.05, 0) is 25.1 Å². The molecule has 1 aromatic carbocycles. The molecule has 1 aromatic heterocycles. The zero-order chi connectivity index (χ0) is 10.8. The molecule has 1 fully saturated rings. The van der Waals surface area contributed by atoms with Gasteiger partial charge < -0.3 is 5.32 Å². The first-order chi connectivity index (χ1) is 7.95. The fourth-order valence-corrected chi connectivity index (χ4v) is 2.20. The highest BCUT2D eigenvalue weighted by Gasteiger charge is 2.21. The van der Waals surface area contributed by atoms with Crippen molar-refractivity contribution in [3.63, 3.8) is 0 Å². The summed E-state index contributed by atoms with van der Waals surface area (Å²) < 4.78 is 1.94. The fraction of sp³-hybridized carbons (Fsp3) is 0.333. The Morgan fingerprint density at radius 3 is 2.88 bits per heavy atom. The predicted molar refractivity (Wildman–Crippen MR) is 61.6 cm³/mol. The van der Waals surface area contributed by atoms with Gasteiger partial charge in [0.25, 0.3) is 0 Å². The number of aromatic nitrogens is 3. The third-order valence-corrected chi connectivity index (χ3v) is 3.06. The van der Waals surface area contributed by atoms with Crippen LogP contribution >= 0.6 is 0 Å². The Labute approximate surface area is 94.3 Å². The summed E-state index contributed by atoms with van der Waals surface area (Å²) in [5.41, 5.74) is 2.29. The minimum Gasteiger partial charge on any atom is -0.316 e. The highest BCUT2D eigenvalue weighted by molar-refractivity contribution is 5.32. The quantitative estimate of drug-likeness (QED) is 0.820. The molecule has 2 aromatic rings. The molecule has 16 heavy (non-hydrogen) atoms. The molecule has 1 N–H and O–H groups in total. The van der Waals surface area contributed by atoms with E-state index in [9.17, 15) is 0 Å². The maximum absolute atomic E-state index is 4.17. The van der Waals surface area contributed by atoms with Gasteiger partial charge in [0.1, 0.15) is 0 Å². The van der Waals surface area contributed by atoms with Gasteiger partial charge in [-0.3, -0.25) is 0 Å². The summed E-state index contributed by atoms with van der Waals surface area (Å²) in [4.78, 5) is 0. The molecule has 0 saturated carbocycles. The second kappa shape index (κ2) is 4.06. The molecule has 3 rings (SSSR count). The highest BCUT2D eigenvalue weighted by atomic mass is 15.4. The van der Waals surface area contributed by atoms with Gasteiger partial charge in [-0.25, -0.2) is 4.68 Å². The molecule has 0 radical (unpaired) electrons. The summed E-state index contributed by atoms with van der Waals surface area (Å²) in [7, 11) is 0. The fourth-order valence-electron chi connectivity index (χ4n) is 2.20. The molecule has 2 heterocycles. The lowest BCUT2D eigenvalue weighted by molar-refractivity contribution is 0.674. The van der Waals surface area contributed by atoms with Gasteiger partial charge in [-0.15, -0.1) is 5.10 Å². The van der Waals surface area contributed by atoms with Crippen molar-refractivity contribution < 1.29 is 0 Å². The summed E-state index contributed by atoms with van der Waals surface area (Å²) in [6.07, 6.45) is 3.05. The molecule has 1 atom stereocenters. The standard InChI is InChI=1S/C12H14N4/c1-2-4-11(5-3-1)16-12(9-14-15-16)10-6-7-13-8-10/h1-5,9-10,13H,6-8H2. The number of para-hydroxylation sites is 1. The van der Waals surface area contributed by atoms with Crippen LogP contribution < -0.4 is 5.32 Å². The minimum atomic E-state index is 0.537. The molecule has 4 heteroatoms.